The number of rotatable bonds is 3. The fourth-order valence-corrected chi connectivity index (χ4v) is 1.15. The molecule has 1 radical (unpaired) electrons. The van der Waals surface area contributed by atoms with Gasteiger partial charge in [-0.15, -0.1) is 0 Å². The molecule has 13 heavy (non-hydrogen) atoms. The molecule has 0 aliphatic rings. The lowest BCUT2D eigenvalue weighted by atomic mass is 10.1. The van der Waals surface area contributed by atoms with Crippen molar-refractivity contribution in [1.82, 2.24) is 4.90 Å². The number of benzene rings is 1. The number of likely N-dealkylation sites (N-methyl/N-ethyl adjacent to an activating group) is 1. The number of carbonyl (C=O) groups excluding carboxylic acids is 1. The molecule has 0 heterocycles. The Bertz CT molecular complexity index is 299. The minimum Gasteiger partial charge on any atom is -0.296 e. The van der Waals surface area contributed by atoms with Crippen molar-refractivity contribution in [2.75, 3.05) is 14.1 Å². The van der Waals surface area contributed by atoms with Crippen molar-refractivity contribution in [2.24, 2.45) is 0 Å². The molecule has 0 aromatic heterocycles. The fourth-order valence-electron chi connectivity index (χ4n) is 1.15. The van der Waals surface area contributed by atoms with E-state index in [-0.39, 0.29) is 5.82 Å². The normalized spacial score (nSPS) is 12.9. The molecule has 2 nitrogen and oxygen atoms in total. The van der Waals surface area contributed by atoms with Crippen LogP contribution in [0.1, 0.15) is 11.6 Å². The second kappa shape index (κ2) is 4.14. The van der Waals surface area contributed by atoms with Gasteiger partial charge < -0.3 is 0 Å². The van der Waals surface area contributed by atoms with E-state index in [1.807, 2.05) is 6.29 Å². The van der Waals surface area contributed by atoms with Crippen LogP contribution in [0.3, 0.4) is 0 Å². The number of nitrogens with zero attached hydrogens (tertiary/aromatic N) is 1. The monoisotopic (exact) mass is 180 g/mol. The zero-order valence-corrected chi connectivity index (χ0v) is 7.62. The highest BCUT2D eigenvalue weighted by atomic mass is 19.1. The predicted molar refractivity (Wildman–Crippen MR) is 48.5 cm³/mol. The lowest BCUT2D eigenvalue weighted by molar-refractivity contribution is 0.354. The van der Waals surface area contributed by atoms with Gasteiger partial charge in [0.05, 0.1) is 0 Å². The Morgan fingerprint density at radius 1 is 1.46 bits per heavy atom. The summed E-state index contributed by atoms with van der Waals surface area (Å²) in [4.78, 5) is 12.3. The lowest BCUT2D eigenvalue weighted by Crippen LogP contribution is -2.20. The van der Waals surface area contributed by atoms with Gasteiger partial charge >= 0.3 is 0 Å². The zero-order chi connectivity index (χ0) is 9.84. The number of hydrogen-bond donors (Lipinski definition) is 0. The summed E-state index contributed by atoms with van der Waals surface area (Å²) in [5.74, 6) is -0.334. The fraction of sp³-hybridized carbons (Fsp3) is 0.300. The Morgan fingerprint density at radius 2 is 2.15 bits per heavy atom. The third-order valence-corrected chi connectivity index (χ3v) is 1.79. The predicted octanol–water partition coefficient (Wildman–Crippen LogP) is 1.54. The number of hydrogen-bond acceptors (Lipinski definition) is 2. The van der Waals surface area contributed by atoms with Crippen LogP contribution in [0.15, 0.2) is 24.3 Å². The van der Waals surface area contributed by atoms with Crippen LogP contribution in [0, 0.1) is 5.82 Å². The smallest absolute Gasteiger partial charge is 0.221 e. The zero-order valence-electron chi connectivity index (χ0n) is 7.62. The lowest BCUT2D eigenvalue weighted by Gasteiger charge is -2.17. The van der Waals surface area contributed by atoms with E-state index in [4.69, 9.17) is 0 Å². The highest BCUT2D eigenvalue weighted by Gasteiger charge is 2.13. The van der Waals surface area contributed by atoms with E-state index in [1.165, 1.54) is 12.1 Å². The van der Waals surface area contributed by atoms with E-state index in [0.29, 0.717) is 5.56 Å². The van der Waals surface area contributed by atoms with Gasteiger partial charge in [-0.3, -0.25) is 9.69 Å². The summed E-state index contributed by atoms with van der Waals surface area (Å²) in [7, 11) is 3.50. The molecule has 1 aromatic carbocycles. The standard InChI is InChI=1S/C10H11FNO/c1-12(2)10(7-13)8-4-3-5-9(11)6-8/h3-6,10H,1-2H3. The summed E-state index contributed by atoms with van der Waals surface area (Å²) in [5.41, 5.74) is 0.625. The molecule has 0 aliphatic heterocycles. The van der Waals surface area contributed by atoms with E-state index < -0.39 is 6.04 Å². The van der Waals surface area contributed by atoms with Crippen LogP contribution >= 0.6 is 0 Å². The van der Waals surface area contributed by atoms with Crippen molar-refractivity contribution in [3.8, 4) is 0 Å². The summed E-state index contributed by atoms with van der Waals surface area (Å²) in [6.07, 6.45) is 1.85. The third-order valence-electron chi connectivity index (χ3n) is 1.79. The molecule has 0 N–H and O–H groups in total. The summed E-state index contributed by atoms with van der Waals surface area (Å²) >= 11 is 0. The van der Waals surface area contributed by atoms with Gasteiger partial charge in [-0.2, -0.15) is 0 Å². The number of halogens is 1. The van der Waals surface area contributed by atoms with Gasteiger partial charge in [-0.1, -0.05) is 12.1 Å². The molecular weight excluding hydrogens is 169 g/mol. The topological polar surface area (TPSA) is 20.3 Å². The van der Waals surface area contributed by atoms with Gasteiger partial charge in [0.2, 0.25) is 6.29 Å². The van der Waals surface area contributed by atoms with E-state index in [0.717, 1.165) is 0 Å². The molecule has 69 valence electrons. The Morgan fingerprint density at radius 3 is 2.62 bits per heavy atom. The van der Waals surface area contributed by atoms with E-state index in [9.17, 15) is 9.18 Å². The van der Waals surface area contributed by atoms with Crippen molar-refractivity contribution >= 4 is 6.29 Å². The van der Waals surface area contributed by atoms with Gasteiger partial charge in [0.15, 0.2) is 0 Å². The van der Waals surface area contributed by atoms with Crippen molar-refractivity contribution in [3.63, 3.8) is 0 Å². The van der Waals surface area contributed by atoms with Gasteiger partial charge in [0.25, 0.3) is 0 Å². The second-order valence-electron chi connectivity index (χ2n) is 3.04. The van der Waals surface area contributed by atoms with Crippen LogP contribution < -0.4 is 0 Å². The molecule has 0 aliphatic carbocycles. The van der Waals surface area contributed by atoms with E-state index in [1.54, 1.807) is 31.1 Å². The minimum atomic E-state index is -0.490. The molecule has 1 rings (SSSR count). The average Bonchev–Trinajstić information content (AvgIpc) is 2.04. The summed E-state index contributed by atoms with van der Waals surface area (Å²) in [5, 5.41) is 0. The van der Waals surface area contributed by atoms with Crippen LogP contribution in [-0.4, -0.2) is 25.3 Å². The van der Waals surface area contributed by atoms with Crippen molar-refractivity contribution < 1.29 is 9.18 Å². The molecule has 0 amide bonds. The van der Waals surface area contributed by atoms with Gasteiger partial charge in [-0.05, 0) is 31.8 Å². The molecule has 0 saturated carbocycles. The third kappa shape index (κ3) is 2.36. The maximum atomic E-state index is 12.8. The van der Waals surface area contributed by atoms with Crippen LogP contribution in [0.5, 0.6) is 0 Å². The van der Waals surface area contributed by atoms with Crippen molar-refractivity contribution in [2.45, 2.75) is 6.04 Å². The SMILES string of the molecule is CN(C)C([C]=O)c1cccc(F)c1. The molecular formula is C10H11FNO. The first-order valence-electron chi connectivity index (χ1n) is 3.94. The van der Waals surface area contributed by atoms with Crippen LogP contribution in [0.4, 0.5) is 4.39 Å². The van der Waals surface area contributed by atoms with Crippen LogP contribution in [-0.2, 0) is 4.79 Å². The highest BCUT2D eigenvalue weighted by Crippen LogP contribution is 2.16. The van der Waals surface area contributed by atoms with E-state index >= 15 is 0 Å². The van der Waals surface area contributed by atoms with Gasteiger partial charge in [0, 0.05) is 0 Å². The summed E-state index contributed by atoms with van der Waals surface area (Å²) in [6.45, 7) is 0. The molecule has 0 fully saturated rings. The first-order chi connectivity index (χ1) is 6.15. The highest BCUT2D eigenvalue weighted by molar-refractivity contribution is 5.62. The van der Waals surface area contributed by atoms with Crippen LogP contribution in [0.25, 0.3) is 0 Å². The largest absolute Gasteiger partial charge is 0.296 e. The first-order valence-corrected chi connectivity index (χ1v) is 3.94. The first kappa shape index (κ1) is 9.86. The summed E-state index contributed by atoms with van der Waals surface area (Å²) in [6, 6.07) is 5.49. The molecule has 1 unspecified atom stereocenters. The maximum Gasteiger partial charge on any atom is 0.221 e. The average molecular weight is 180 g/mol. The van der Waals surface area contributed by atoms with Crippen molar-refractivity contribution in [1.29, 1.82) is 0 Å². The molecule has 1 atom stereocenters. The Kier molecular flexibility index (Phi) is 3.14. The molecule has 0 spiro atoms. The van der Waals surface area contributed by atoms with Crippen LogP contribution in [0.2, 0.25) is 0 Å². The Labute approximate surface area is 77.0 Å². The Hall–Kier alpha value is -1.22. The van der Waals surface area contributed by atoms with E-state index in [2.05, 4.69) is 0 Å². The Balaban J connectivity index is 2.98. The van der Waals surface area contributed by atoms with Crippen molar-refractivity contribution in [3.05, 3.63) is 35.6 Å². The van der Waals surface area contributed by atoms with Gasteiger partial charge in [0.1, 0.15) is 11.9 Å². The molecule has 0 saturated heterocycles. The summed E-state index contributed by atoms with van der Waals surface area (Å²) < 4.78 is 12.8. The maximum absolute atomic E-state index is 12.8. The second-order valence-corrected chi connectivity index (χ2v) is 3.04. The molecule has 1 aromatic rings. The van der Waals surface area contributed by atoms with Gasteiger partial charge in [-0.25, -0.2) is 4.39 Å². The molecule has 0 bridgehead atoms. The molecule has 3 heteroatoms. The minimum absolute atomic E-state index is 0.334. The quantitative estimate of drug-likeness (QED) is 0.703.